The van der Waals surface area contributed by atoms with E-state index >= 15 is 0 Å². The van der Waals surface area contributed by atoms with Gasteiger partial charge in [-0.2, -0.15) is 0 Å². The van der Waals surface area contributed by atoms with Crippen LogP contribution in [0.15, 0.2) is 12.1 Å². The van der Waals surface area contributed by atoms with Crippen molar-refractivity contribution in [1.29, 1.82) is 0 Å². The summed E-state index contributed by atoms with van der Waals surface area (Å²) in [5.74, 6) is -0.133. The highest BCUT2D eigenvalue weighted by Crippen LogP contribution is 2.31. The monoisotopic (exact) mass is 318 g/mol. The van der Waals surface area contributed by atoms with Gasteiger partial charge in [-0.15, -0.1) is 0 Å². The van der Waals surface area contributed by atoms with Crippen LogP contribution < -0.4 is 10.6 Å². The molecule has 3 nitrogen and oxygen atoms in total. The van der Waals surface area contributed by atoms with Gasteiger partial charge in [0.1, 0.15) is 5.82 Å². The van der Waals surface area contributed by atoms with Crippen molar-refractivity contribution in [3.8, 4) is 0 Å². The molecule has 0 saturated carbocycles. The van der Waals surface area contributed by atoms with Crippen LogP contribution in [0.3, 0.4) is 0 Å². The van der Waals surface area contributed by atoms with E-state index < -0.39 is 5.82 Å². The van der Waals surface area contributed by atoms with E-state index in [9.17, 15) is 9.18 Å². The molecule has 1 atom stereocenters. The molecule has 2 rings (SSSR count). The van der Waals surface area contributed by atoms with Gasteiger partial charge in [-0.1, -0.05) is 23.2 Å². The van der Waals surface area contributed by atoms with Gasteiger partial charge in [-0.05, 0) is 50.4 Å². The molecule has 1 saturated heterocycles. The van der Waals surface area contributed by atoms with Crippen LogP contribution in [0.4, 0.5) is 10.1 Å². The third kappa shape index (κ3) is 4.33. The molecule has 110 valence electrons. The van der Waals surface area contributed by atoms with Crippen LogP contribution in [0.25, 0.3) is 0 Å². The van der Waals surface area contributed by atoms with Gasteiger partial charge in [0.15, 0.2) is 0 Å². The standard InChI is InChI=1S/C14H17Cl2FN2O/c15-11-6-10(17)7-12(16)14(11)19-13(20)4-3-9-2-1-5-18-8-9/h6-7,9,18H,1-5,8H2,(H,19,20). The third-order valence-corrected chi connectivity index (χ3v) is 4.05. The zero-order valence-electron chi connectivity index (χ0n) is 11.0. The molecule has 1 aromatic rings. The summed E-state index contributed by atoms with van der Waals surface area (Å²) in [4.78, 5) is 11.9. The fourth-order valence-electron chi connectivity index (χ4n) is 2.37. The molecule has 0 bridgehead atoms. The normalized spacial score (nSPS) is 18.9. The van der Waals surface area contributed by atoms with Crippen LogP contribution in [0.5, 0.6) is 0 Å². The summed E-state index contributed by atoms with van der Waals surface area (Å²) >= 11 is 11.8. The first-order valence-corrected chi connectivity index (χ1v) is 7.47. The molecule has 0 spiro atoms. The van der Waals surface area contributed by atoms with E-state index in [1.54, 1.807) is 0 Å². The fourth-order valence-corrected chi connectivity index (χ4v) is 2.92. The van der Waals surface area contributed by atoms with Crippen molar-refractivity contribution >= 4 is 34.8 Å². The Balaban J connectivity index is 1.88. The van der Waals surface area contributed by atoms with Crippen LogP contribution in [0.2, 0.25) is 10.0 Å². The molecular formula is C14H17Cl2FN2O. The highest BCUT2D eigenvalue weighted by atomic mass is 35.5. The van der Waals surface area contributed by atoms with Crippen LogP contribution in [-0.4, -0.2) is 19.0 Å². The molecule has 1 aromatic carbocycles. The lowest BCUT2D eigenvalue weighted by molar-refractivity contribution is -0.116. The number of carbonyl (C=O) groups excluding carboxylic acids is 1. The van der Waals surface area contributed by atoms with E-state index in [1.165, 1.54) is 0 Å². The molecule has 0 radical (unpaired) electrons. The third-order valence-electron chi connectivity index (χ3n) is 3.45. The average molecular weight is 319 g/mol. The van der Waals surface area contributed by atoms with Crippen molar-refractivity contribution in [3.05, 3.63) is 28.0 Å². The van der Waals surface area contributed by atoms with E-state index in [2.05, 4.69) is 10.6 Å². The van der Waals surface area contributed by atoms with Gasteiger partial charge in [0.2, 0.25) is 5.91 Å². The molecule has 0 aromatic heterocycles. The summed E-state index contributed by atoms with van der Waals surface area (Å²) in [6, 6.07) is 2.27. The summed E-state index contributed by atoms with van der Waals surface area (Å²) in [6.45, 7) is 2.02. The first-order chi connectivity index (χ1) is 9.56. The second-order valence-corrected chi connectivity index (χ2v) is 5.86. The van der Waals surface area contributed by atoms with Gasteiger partial charge in [-0.3, -0.25) is 4.79 Å². The molecule has 2 N–H and O–H groups in total. The molecule has 6 heteroatoms. The van der Waals surface area contributed by atoms with E-state index in [0.29, 0.717) is 12.3 Å². The molecule has 1 fully saturated rings. The minimum Gasteiger partial charge on any atom is -0.324 e. The van der Waals surface area contributed by atoms with Crippen molar-refractivity contribution in [1.82, 2.24) is 5.32 Å². The highest BCUT2D eigenvalue weighted by molar-refractivity contribution is 6.39. The number of anilines is 1. The van der Waals surface area contributed by atoms with Crippen molar-refractivity contribution < 1.29 is 9.18 Å². The van der Waals surface area contributed by atoms with Crippen molar-refractivity contribution in [3.63, 3.8) is 0 Å². The Morgan fingerprint density at radius 1 is 1.40 bits per heavy atom. The summed E-state index contributed by atoms with van der Waals surface area (Å²) in [6.07, 6.45) is 3.55. The summed E-state index contributed by atoms with van der Waals surface area (Å²) in [5.41, 5.74) is 0.279. The minimum atomic E-state index is -0.522. The molecule has 1 amide bonds. The number of carbonyl (C=O) groups is 1. The molecule has 1 aliphatic heterocycles. The quantitative estimate of drug-likeness (QED) is 0.885. The molecule has 0 aliphatic carbocycles. The first kappa shape index (κ1) is 15.5. The van der Waals surface area contributed by atoms with Crippen molar-refractivity contribution in [2.45, 2.75) is 25.7 Å². The van der Waals surface area contributed by atoms with Crippen LogP contribution in [0.1, 0.15) is 25.7 Å². The Hall–Kier alpha value is -0.840. The SMILES string of the molecule is O=C(CCC1CCCNC1)Nc1c(Cl)cc(F)cc1Cl. The zero-order chi connectivity index (χ0) is 14.5. The van der Waals surface area contributed by atoms with Crippen LogP contribution in [0, 0.1) is 11.7 Å². The lowest BCUT2D eigenvalue weighted by Gasteiger charge is -2.22. The molecule has 1 unspecified atom stereocenters. The molecular weight excluding hydrogens is 302 g/mol. The van der Waals surface area contributed by atoms with E-state index in [-0.39, 0.29) is 21.6 Å². The van der Waals surface area contributed by atoms with Gasteiger partial charge in [0.25, 0.3) is 0 Å². The zero-order valence-corrected chi connectivity index (χ0v) is 12.5. The van der Waals surface area contributed by atoms with Gasteiger partial charge in [-0.25, -0.2) is 4.39 Å². The van der Waals surface area contributed by atoms with Gasteiger partial charge in [0.05, 0.1) is 15.7 Å². The second kappa shape index (κ2) is 7.25. The van der Waals surface area contributed by atoms with Gasteiger partial charge >= 0.3 is 0 Å². The first-order valence-electron chi connectivity index (χ1n) is 6.71. The number of halogens is 3. The number of benzene rings is 1. The number of nitrogens with one attached hydrogen (secondary N) is 2. The number of hydrogen-bond donors (Lipinski definition) is 2. The summed E-state index contributed by atoms with van der Waals surface area (Å²) in [7, 11) is 0. The Kier molecular flexibility index (Phi) is 5.64. The van der Waals surface area contributed by atoms with E-state index in [1.807, 2.05) is 0 Å². The van der Waals surface area contributed by atoms with Crippen molar-refractivity contribution in [2.24, 2.45) is 5.92 Å². The number of hydrogen-bond acceptors (Lipinski definition) is 2. The van der Waals surface area contributed by atoms with Crippen LogP contribution in [-0.2, 0) is 4.79 Å². The average Bonchev–Trinajstić information content (AvgIpc) is 2.42. The Morgan fingerprint density at radius 3 is 2.70 bits per heavy atom. The molecule has 1 heterocycles. The van der Waals surface area contributed by atoms with E-state index in [4.69, 9.17) is 23.2 Å². The largest absolute Gasteiger partial charge is 0.324 e. The number of rotatable bonds is 4. The highest BCUT2D eigenvalue weighted by Gasteiger charge is 2.16. The summed E-state index contributed by atoms with van der Waals surface area (Å²) in [5, 5.41) is 6.20. The van der Waals surface area contributed by atoms with Gasteiger partial charge < -0.3 is 10.6 Å². The lowest BCUT2D eigenvalue weighted by atomic mass is 9.94. The Morgan fingerprint density at radius 2 is 2.10 bits per heavy atom. The van der Waals surface area contributed by atoms with Crippen molar-refractivity contribution in [2.75, 3.05) is 18.4 Å². The smallest absolute Gasteiger partial charge is 0.224 e. The Labute approximate surface area is 127 Å². The Bertz CT molecular complexity index is 467. The lowest BCUT2D eigenvalue weighted by Crippen LogP contribution is -2.30. The molecule has 20 heavy (non-hydrogen) atoms. The fraction of sp³-hybridized carbons (Fsp3) is 0.500. The minimum absolute atomic E-state index is 0.114. The van der Waals surface area contributed by atoms with E-state index in [0.717, 1.165) is 44.5 Å². The number of piperidine rings is 1. The number of amides is 1. The predicted octanol–water partition coefficient (Wildman–Crippen LogP) is 3.85. The predicted molar refractivity (Wildman–Crippen MR) is 79.9 cm³/mol. The van der Waals surface area contributed by atoms with Gasteiger partial charge in [0, 0.05) is 6.42 Å². The maximum Gasteiger partial charge on any atom is 0.224 e. The molecule has 1 aliphatic rings. The maximum absolute atomic E-state index is 13.0. The maximum atomic E-state index is 13.0. The summed E-state index contributed by atoms with van der Waals surface area (Å²) < 4.78 is 13.0. The topological polar surface area (TPSA) is 41.1 Å². The van der Waals surface area contributed by atoms with Crippen LogP contribution >= 0.6 is 23.2 Å². The second-order valence-electron chi connectivity index (χ2n) is 5.04.